The number of nitrogens with zero attached hydrogens (tertiary/aromatic N) is 3. The lowest BCUT2D eigenvalue weighted by Gasteiger charge is -2.11. The minimum absolute atomic E-state index is 0.254. The molecule has 2 heterocycles. The summed E-state index contributed by atoms with van der Waals surface area (Å²) in [4.78, 5) is 20.6. The highest BCUT2D eigenvalue weighted by molar-refractivity contribution is 6.39. The molecule has 0 amide bonds. The van der Waals surface area contributed by atoms with Crippen LogP contribution in [0.15, 0.2) is 35.4 Å². The summed E-state index contributed by atoms with van der Waals surface area (Å²) in [6, 6.07) is 6.70. The molecule has 0 saturated carbocycles. The van der Waals surface area contributed by atoms with E-state index in [0.717, 1.165) is 0 Å². The molecule has 106 valence electrons. The molecule has 0 aliphatic carbocycles. The Kier molecular flexibility index (Phi) is 3.31. The van der Waals surface area contributed by atoms with Crippen LogP contribution in [-0.4, -0.2) is 14.5 Å². The minimum Gasteiger partial charge on any atom is -0.383 e. The fraction of sp³-hybridized carbons (Fsp3) is 0.0714. The summed E-state index contributed by atoms with van der Waals surface area (Å²) in [6.45, 7) is 0. The minimum atomic E-state index is -0.254. The molecule has 0 unspecified atom stereocenters. The van der Waals surface area contributed by atoms with Gasteiger partial charge in [-0.2, -0.15) is 0 Å². The smallest absolute Gasteiger partial charge is 0.259 e. The van der Waals surface area contributed by atoms with Crippen molar-refractivity contribution in [1.29, 1.82) is 0 Å². The van der Waals surface area contributed by atoms with Crippen LogP contribution in [0.5, 0.6) is 0 Å². The van der Waals surface area contributed by atoms with E-state index < -0.39 is 0 Å². The van der Waals surface area contributed by atoms with Crippen molar-refractivity contribution in [2.75, 3.05) is 5.73 Å². The number of pyridine rings is 1. The van der Waals surface area contributed by atoms with Crippen LogP contribution in [0.1, 0.15) is 0 Å². The highest BCUT2D eigenvalue weighted by Gasteiger charge is 2.16. The fourth-order valence-corrected chi connectivity index (χ4v) is 2.82. The molecular weight excluding hydrogens is 311 g/mol. The fourth-order valence-electron chi connectivity index (χ4n) is 2.22. The number of hydrogen-bond donors (Lipinski definition) is 1. The number of rotatable bonds is 1. The third-order valence-electron chi connectivity index (χ3n) is 3.27. The van der Waals surface area contributed by atoms with Crippen LogP contribution in [0, 0.1) is 0 Å². The summed E-state index contributed by atoms with van der Waals surface area (Å²) < 4.78 is 1.41. The third-order valence-corrected chi connectivity index (χ3v) is 3.90. The lowest BCUT2D eigenvalue weighted by atomic mass is 10.1. The van der Waals surface area contributed by atoms with Crippen molar-refractivity contribution in [3.8, 4) is 11.1 Å². The van der Waals surface area contributed by atoms with Crippen molar-refractivity contribution in [3.05, 3.63) is 51.0 Å². The number of halogens is 2. The van der Waals surface area contributed by atoms with Gasteiger partial charge in [0.25, 0.3) is 5.56 Å². The second-order valence-corrected chi connectivity index (χ2v) is 5.33. The van der Waals surface area contributed by atoms with Gasteiger partial charge >= 0.3 is 0 Å². The summed E-state index contributed by atoms with van der Waals surface area (Å²) in [6.07, 6.45) is 1.32. The summed E-state index contributed by atoms with van der Waals surface area (Å²) >= 11 is 12.4. The van der Waals surface area contributed by atoms with Gasteiger partial charge in [0.05, 0.1) is 21.0 Å². The van der Waals surface area contributed by atoms with Gasteiger partial charge in [-0.25, -0.2) is 9.97 Å². The number of aromatic nitrogens is 3. The van der Waals surface area contributed by atoms with E-state index in [0.29, 0.717) is 38.0 Å². The van der Waals surface area contributed by atoms with Crippen molar-refractivity contribution in [2.24, 2.45) is 7.05 Å². The van der Waals surface area contributed by atoms with Gasteiger partial charge in [-0.15, -0.1) is 0 Å². The van der Waals surface area contributed by atoms with Gasteiger partial charge < -0.3 is 5.73 Å². The molecule has 7 heteroatoms. The van der Waals surface area contributed by atoms with Crippen molar-refractivity contribution in [3.63, 3.8) is 0 Å². The van der Waals surface area contributed by atoms with Crippen molar-refractivity contribution in [1.82, 2.24) is 14.5 Å². The maximum atomic E-state index is 12.5. The predicted octanol–water partition coefficient (Wildman–Crippen LogP) is 2.88. The van der Waals surface area contributed by atoms with Crippen LogP contribution in [0.25, 0.3) is 22.2 Å². The van der Waals surface area contributed by atoms with E-state index in [2.05, 4.69) is 9.97 Å². The van der Waals surface area contributed by atoms with E-state index in [9.17, 15) is 4.79 Å². The summed E-state index contributed by atoms with van der Waals surface area (Å²) in [5.74, 6) is 0.292. The lowest BCUT2D eigenvalue weighted by molar-refractivity contribution is 0.886. The number of hydrogen-bond acceptors (Lipinski definition) is 4. The molecule has 0 aliphatic heterocycles. The van der Waals surface area contributed by atoms with Crippen LogP contribution in [0.2, 0.25) is 10.0 Å². The second-order valence-electron chi connectivity index (χ2n) is 4.52. The zero-order valence-corrected chi connectivity index (χ0v) is 12.5. The largest absolute Gasteiger partial charge is 0.383 e. The van der Waals surface area contributed by atoms with Crippen LogP contribution < -0.4 is 11.3 Å². The van der Waals surface area contributed by atoms with Gasteiger partial charge in [0.2, 0.25) is 0 Å². The molecule has 0 fully saturated rings. The Balaban J connectivity index is 2.47. The van der Waals surface area contributed by atoms with Gasteiger partial charge in [-0.3, -0.25) is 9.36 Å². The first-order valence-corrected chi connectivity index (χ1v) is 6.81. The standard InChI is InChI=1S/C14H10Cl2N4O/c1-20-13-8(12(17)18-6-19-13)5-7(14(20)21)11-9(15)3-2-4-10(11)16/h2-6H,1H3,(H2,17,18,19). The first-order chi connectivity index (χ1) is 10.0. The van der Waals surface area contributed by atoms with Gasteiger partial charge in [0, 0.05) is 12.6 Å². The second kappa shape index (κ2) is 5.02. The zero-order valence-electron chi connectivity index (χ0n) is 11.0. The van der Waals surface area contributed by atoms with E-state index in [1.54, 1.807) is 31.3 Å². The van der Waals surface area contributed by atoms with Gasteiger partial charge in [0.15, 0.2) is 0 Å². The molecule has 0 saturated heterocycles. The van der Waals surface area contributed by atoms with Crippen LogP contribution in [0.4, 0.5) is 5.82 Å². The Bertz CT molecular complexity index is 900. The first kappa shape index (κ1) is 13.9. The van der Waals surface area contributed by atoms with E-state index in [-0.39, 0.29) is 5.56 Å². The van der Waals surface area contributed by atoms with Gasteiger partial charge in [-0.1, -0.05) is 29.3 Å². The molecular formula is C14H10Cl2N4O. The first-order valence-electron chi connectivity index (χ1n) is 6.05. The highest BCUT2D eigenvalue weighted by Crippen LogP contribution is 2.34. The molecule has 2 N–H and O–H groups in total. The Morgan fingerprint density at radius 2 is 1.86 bits per heavy atom. The average Bonchev–Trinajstić information content (AvgIpc) is 2.45. The summed E-state index contributed by atoms with van der Waals surface area (Å²) in [5.41, 5.74) is 6.91. The third kappa shape index (κ3) is 2.14. The Labute approximate surface area is 130 Å². The molecule has 0 radical (unpaired) electrons. The number of benzene rings is 1. The predicted molar refractivity (Wildman–Crippen MR) is 84.6 cm³/mol. The molecule has 5 nitrogen and oxygen atoms in total. The summed E-state index contributed by atoms with van der Waals surface area (Å²) in [5, 5.41) is 1.37. The molecule has 1 aromatic carbocycles. The van der Waals surface area contributed by atoms with Crippen molar-refractivity contribution >= 4 is 40.1 Å². The molecule has 3 rings (SSSR count). The van der Waals surface area contributed by atoms with Crippen molar-refractivity contribution < 1.29 is 0 Å². The highest BCUT2D eigenvalue weighted by atomic mass is 35.5. The van der Waals surface area contributed by atoms with E-state index >= 15 is 0 Å². The number of nitrogens with two attached hydrogens (primary N) is 1. The molecule has 0 bridgehead atoms. The van der Waals surface area contributed by atoms with Crippen molar-refractivity contribution in [2.45, 2.75) is 0 Å². The Hall–Kier alpha value is -2.11. The lowest BCUT2D eigenvalue weighted by Crippen LogP contribution is -2.20. The molecule has 2 aromatic heterocycles. The number of anilines is 1. The normalized spacial score (nSPS) is 11.0. The topological polar surface area (TPSA) is 73.8 Å². The number of nitrogen functional groups attached to an aromatic ring is 1. The monoisotopic (exact) mass is 320 g/mol. The maximum absolute atomic E-state index is 12.5. The Morgan fingerprint density at radius 3 is 2.52 bits per heavy atom. The average molecular weight is 321 g/mol. The molecule has 3 aromatic rings. The molecule has 0 aliphatic rings. The quantitative estimate of drug-likeness (QED) is 0.748. The molecule has 21 heavy (non-hydrogen) atoms. The van der Waals surface area contributed by atoms with E-state index in [1.165, 1.54) is 10.9 Å². The number of aryl methyl sites for hydroxylation is 1. The van der Waals surface area contributed by atoms with Gasteiger partial charge in [0.1, 0.15) is 17.8 Å². The van der Waals surface area contributed by atoms with Crippen LogP contribution in [-0.2, 0) is 7.05 Å². The van der Waals surface area contributed by atoms with E-state index in [4.69, 9.17) is 28.9 Å². The van der Waals surface area contributed by atoms with E-state index in [1.807, 2.05) is 0 Å². The maximum Gasteiger partial charge on any atom is 0.259 e. The SMILES string of the molecule is Cn1c(=O)c(-c2c(Cl)cccc2Cl)cc2c(N)ncnc21. The molecule has 0 atom stereocenters. The van der Waals surface area contributed by atoms with Gasteiger partial charge in [-0.05, 0) is 18.2 Å². The zero-order chi connectivity index (χ0) is 15.1. The van der Waals surface area contributed by atoms with Crippen LogP contribution >= 0.6 is 23.2 Å². The number of fused-ring (bicyclic) bond motifs is 1. The Morgan fingerprint density at radius 1 is 1.19 bits per heavy atom. The van der Waals surface area contributed by atoms with Crippen LogP contribution in [0.3, 0.4) is 0 Å². The summed E-state index contributed by atoms with van der Waals surface area (Å²) in [7, 11) is 1.62. The molecule has 0 spiro atoms.